The first-order valence-electron chi connectivity index (χ1n) is 5.95. The highest BCUT2D eigenvalue weighted by atomic mass is 79.9. The number of halogens is 1. The number of benzene rings is 2. The molecule has 2 aromatic carbocycles. The van der Waals surface area contributed by atoms with Crippen molar-refractivity contribution in [2.75, 3.05) is 5.32 Å². The van der Waals surface area contributed by atoms with Gasteiger partial charge in [-0.2, -0.15) is 0 Å². The van der Waals surface area contributed by atoms with Gasteiger partial charge in [0.25, 0.3) is 0 Å². The van der Waals surface area contributed by atoms with Crippen LogP contribution in [0.15, 0.2) is 53.0 Å². The molecule has 2 rings (SSSR count). The van der Waals surface area contributed by atoms with E-state index >= 15 is 0 Å². The van der Waals surface area contributed by atoms with Crippen LogP contribution in [0.5, 0.6) is 0 Å². The summed E-state index contributed by atoms with van der Waals surface area (Å²) in [4.78, 5) is 11.6. The number of carbonyl (C=O) groups is 1. The Balaban J connectivity index is 2.30. The third-order valence-corrected chi connectivity index (χ3v) is 3.75. The summed E-state index contributed by atoms with van der Waals surface area (Å²) in [5, 5.41) is 3.15. The van der Waals surface area contributed by atoms with E-state index in [0.29, 0.717) is 0 Å². The number of aryl methyl sites for hydroxylation is 1. The minimum atomic E-state index is -0.542. The summed E-state index contributed by atoms with van der Waals surface area (Å²) in [5.41, 5.74) is 8.31. The zero-order valence-electron chi connectivity index (χ0n) is 10.6. The second kappa shape index (κ2) is 5.89. The zero-order valence-corrected chi connectivity index (χ0v) is 12.1. The number of hydrogen-bond donors (Lipinski definition) is 2. The predicted molar refractivity (Wildman–Crippen MR) is 80.9 cm³/mol. The molecule has 98 valence electrons. The van der Waals surface area contributed by atoms with Crippen LogP contribution >= 0.6 is 15.9 Å². The number of amides is 1. The second-order valence-electron chi connectivity index (χ2n) is 4.35. The number of nitrogens with one attached hydrogen (secondary N) is 1. The molecular formula is C15H15BrN2O. The van der Waals surface area contributed by atoms with Gasteiger partial charge in [0, 0.05) is 10.2 Å². The van der Waals surface area contributed by atoms with E-state index < -0.39 is 11.9 Å². The van der Waals surface area contributed by atoms with Crippen molar-refractivity contribution >= 4 is 27.5 Å². The Morgan fingerprint density at radius 1 is 1.21 bits per heavy atom. The summed E-state index contributed by atoms with van der Waals surface area (Å²) in [5.74, 6) is -0.403. The Morgan fingerprint density at radius 3 is 2.47 bits per heavy atom. The Kier molecular flexibility index (Phi) is 4.22. The van der Waals surface area contributed by atoms with Crippen molar-refractivity contribution in [2.24, 2.45) is 5.73 Å². The first kappa shape index (κ1) is 13.6. The zero-order chi connectivity index (χ0) is 13.8. The molecule has 0 aliphatic heterocycles. The van der Waals surface area contributed by atoms with E-state index in [-0.39, 0.29) is 0 Å². The molecule has 0 aliphatic rings. The van der Waals surface area contributed by atoms with Crippen molar-refractivity contribution in [1.82, 2.24) is 0 Å². The highest BCUT2D eigenvalue weighted by molar-refractivity contribution is 9.10. The van der Waals surface area contributed by atoms with Gasteiger partial charge in [0.2, 0.25) is 5.91 Å². The maximum atomic E-state index is 11.6. The fourth-order valence-corrected chi connectivity index (χ4v) is 2.20. The van der Waals surface area contributed by atoms with Crippen molar-refractivity contribution in [3.63, 3.8) is 0 Å². The average Bonchev–Trinajstić information content (AvgIpc) is 2.40. The molecule has 1 atom stereocenters. The lowest BCUT2D eigenvalue weighted by molar-refractivity contribution is -0.118. The van der Waals surface area contributed by atoms with Crippen molar-refractivity contribution < 1.29 is 4.79 Å². The number of nitrogens with two attached hydrogens (primary N) is 1. The third-order valence-electron chi connectivity index (χ3n) is 2.90. The summed E-state index contributed by atoms with van der Waals surface area (Å²) in [7, 11) is 0. The summed E-state index contributed by atoms with van der Waals surface area (Å²) in [6, 6.07) is 14.8. The molecule has 0 bridgehead atoms. The van der Waals surface area contributed by atoms with Gasteiger partial charge in [-0.3, -0.25) is 4.79 Å². The van der Waals surface area contributed by atoms with Crippen LogP contribution in [0.2, 0.25) is 0 Å². The molecule has 19 heavy (non-hydrogen) atoms. The molecule has 0 radical (unpaired) electrons. The molecule has 0 spiro atoms. The van der Waals surface area contributed by atoms with Gasteiger partial charge in [-0.25, -0.2) is 0 Å². The molecule has 0 heterocycles. The van der Waals surface area contributed by atoms with Crippen LogP contribution in [0, 0.1) is 6.92 Å². The number of para-hydroxylation sites is 1. The molecule has 2 aromatic rings. The first-order chi connectivity index (χ1) is 9.08. The Hall–Kier alpha value is -1.81. The number of hydrogen-bond acceptors (Lipinski definition) is 2. The van der Waals surface area contributed by atoms with Gasteiger partial charge in [-0.1, -0.05) is 46.3 Å². The molecule has 3 nitrogen and oxygen atoms in total. The normalized spacial score (nSPS) is 11.9. The smallest absolute Gasteiger partial charge is 0.244 e. The van der Waals surface area contributed by atoms with E-state index in [1.54, 1.807) is 0 Å². The van der Waals surface area contributed by atoms with Crippen molar-refractivity contribution in [1.29, 1.82) is 0 Å². The lowest BCUT2D eigenvalue weighted by Crippen LogP contribution is -2.27. The summed E-state index contributed by atoms with van der Waals surface area (Å²) in [6.07, 6.45) is 0. The first-order valence-corrected chi connectivity index (χ1v) is 6.74. The van der Waals surface area contributed by atoms with Crippen molar-refractivity contribution in [2.45, 2.75) is 13.0 Å². The molecule has 0 saturated carbocycles. The molecule has 0 fully saturated rings. The second-order valence-corrected chi connectivity index (χ2v) is 5.21. The summed E-state index contributed by atoms with van der Waals surface area (Å²) in [6.45, 7) is 2.00. The number of anilines is 1. The molecule has 3 N–H and O–H groups in total. The summed E-state index contributed by atoms with van der Waals surface area (Å²) < 4.78 is 0.964. The Morgan fingerprint density at radius 2 is 1.89 bits per heavy atom. The van der Waals surface area contributed by atoms with Crippen LogP contribution in [0.25, 0.3) is 0 Å². The van der Waals surface area contributed by atoms with E-state index in [2.05, 4.69) is 21.2 Å². The lowest BCUT2D eigenvalue weighted by atomic mass is 10.0. The minimum Gasteiger partial charge on any atom is -0.370 e. The highest BCUT2D eigenvalue weighted by Crippen LogP contribution is 2.24. The van der Waals surface area contributed by atoms with Crippen LogP contribution in [0.3, 0.4) is 0 Å². The van der Waals surface area contributed by atoms with E-state index in [9.17, 15) is 4.79 Å². The number of primary amides is 1. The van der Waals surface area contributed by atoms with Gasteiger partial charge < -0.3 is 11.1 Å². The van der Waals surface area contributed by atoms with Crippen LogP contribution in [0.4, 0.5) is 5.69 Å². The predicted octanol–water partition coefficient (Wildman–Crippen LogP) is 3.40. The maximum absolute atomic E-state index is 11.6. The van der Waals surface area contributed by atoms with Crippen LogP contribution in [-0.2, 0) is 4.79 Å². The average molecular weight is 319 g/mol. The standard InChI is InChI=1S/C15H15BrN2O/c1-10-7-8-11(9-13(10)16)14(15(17)19)18-12-5-3-2-4-6-12/h2-9,14,18H,1H3,(H2,17,19). The highest BCUT2D eigenvalue weighted by Gasteiger charge is 2.18. The lowest BCUT2D eigenvalue weighted by Gasteiger charge is -2.18. The van der Waals surface area contributed by atoms with Gasteiger partial charge in [-0.05, 0) is 36.2 Å². The molecule has 4 heteroatoms. The van der Waals surface area contributed by atoms with Gasteiger partial charge in [0.1, 0.15) is 6.04 Å². The van der Waals surface area contributed by atoms with Gasteiger partial charge >= 0.3 is 0 Å². The molecule has 1 unspecified atom stereocenters. The van der Waals surface area contributed by atoms with E-state index in [1.165, 1.54) is 0 Å². The minimum absolute atomic E-state index is 0.403. The fraction of sp³-hybridized carbons (Fsp3) is 0.133. The van der Waals surface area contributed by atoms with Crippen LogP contribution in [-0.4, -0.2) is 5.91 Å². The van der Waals surface area contributed by atoms with Crippen molar-refractivity contribution in [3.8, 4) is 0 Å². The van der Waals surface area contributed by atoms with E-state index in [4.69, 9.17) is 5.73 Å². The SMILES string of the molecule is Cc1ccc(C(Nc2ccccc2)C(N)=O)cc1Br. The fourth-order valence-electron chi connectivity index (χ4n) is 1.81. The summed E-state index contributed by atoms with van der Waals surface area (Å²) >= 11 is 3.47. The Bertz CT molecular complexity index is 584. The third kappa shape index (κ3) is 3.35. The topological polar surface area (TPSA) is 55.1 Å². The molecule has 0 aliphatic carbocycles. The van der Waals surface area contributed by atoms with Gasteiger partial charge in [0.15, 0.2) is 0 Å². The molecule has 1 amide bonds. The van der Waals surface area contributed by atoms with Crippen LogP contribution in [0.1, 0.15) is 17.2 Å². The molecule has 0 aromatic heterocycles. The number of carbonyl (C=O) groups excluding carboxylic acids is 1. The molecular weight excluding hydrogens is 304 g/mol. The quantitative estimate of drug-likeness (QED) is 0.907. The van der Waals surface area contributed by atoms with Gasteiger partial charge in [0.05, 0.1) is 0 Å². The monoisotopic (exact) mass is 318 g/mol. The number of rotatable bonds is 4. The molecule has 0 saturated heterocycles. The maximum Gasteiger partial charge on any atom is 0.244 e. The van der Waals surface area contributed by atoms with E-state index in [1.807, 2.05) is 55.5 Å². The van der Waals surface area contributed by atoms with E-state index in [0.717, 1.165) is 21.3 Å². The van der Waals surface area contributed by atoms with Gasteiger partial charge in [-0.15, -0.1) is 0 Å². The van der Waals surface area contributed by atoms with Crippen molar-refractivity contribution in [3.05, 3.63) is 64.1 Å². The van der Waals surface area contributed by atoms with Crippen LogP contribution < -0.4 is 11.1 Å². The Labute approximate surface area is 121 Å². The largest absolute Gasteiger partial charge is 0.370 e.